The van der Waals surface area contributed by atoms with Gasteiger partial charge in [0.15, 0.2) is 36.9 Å². The summed E-state index contributed by atoms with van der Waals surface area (Å²) >= 11 is 0.00138. The highest BCUT2D eigenvalue weighted by Crippen LogP contribution is 2.34. The van der Waals surface area contributed by atoms with Crippen LogP contribution in [-0.4, -0.2) is 112 Å². The molecule has 2 aliphatic heterocycles. The molecule has 0 spiro atoms. The van der Waals surface area contributed by atoms with Crippen molar-refractivity contribution >= 4 is 24.3 Å². The van der Waals surface area contributed by atoms with Crippen molar-refractivity contribution in [2.75, 3.05) is 13.2 Å². The molecule has 0 amide bonds. The van der Waals surface area contributed by atoms with Crippen LogP contribution in [-0.2, 0) is 46.8 Å². The van der Waals surface area contributed by atoms with Gasteiger partial charge in [-0.15, -0.1) is 4.33 Å². The number of allylic oxidation sites excluding steroid dienone is 1. The maximum absolute atomic E-state index is 13.9. The first kappa shape index (κ1) is 67.7. The molecular formula is C56H103O16S-. The maximum Gasteiger partial charge on any atom is 0.333 e. The van der Waals surface area contributed by atoms with Crippen LogP contribution in [0.3, 0.4) is 0 Å². The minimum absolute atomic E-state index is 0.000187. The third-order valence-electron chi connectivity index (χ3n) is 14.6. The molecule has 5 N–H and O–H groups in total. The number of hydrogen-bond donors (Lipinski definition) is 5. The Labute approximate surface area is 445 Å². The average Bonchev–Trinajstić information content (AvgIpc) is 3.36. The molecule has 17 heteroatoms. The van der Waals surface area contributed by atoms with Gasteiger partial charge in [0.25, 0.3) is 0 Å². The van der Waals surface area contributed by atoms with Crippen LogP contribution in [0, 0.1) is 17.8 Å². The Bertz CT molecular complexity index is 1390. The second-order valence-corrected chi connectivity index (χ2v) is 22.0. The first-order chi connectivity index (χ1) is 35.3. The molecule has 0 aromatic carbocycles. The van der Waals surface area contributed by atoms with E-state index in [1.165, 1.54) is 148 Å². The summed E-state index contributed by atoms with van der Waals surface area (Å²) in [5, 5.41) is 67.1. The molecule has 10 unspecified atom stereocenters. The maximum atomic E-state index is 13.9. The summed E-state index contributed by atoms with van der Waals surface area (Å²) in [6.07, 6.45) is 22.0. The van der Waals surface area contributed by atoms with Crippen molar-refractivity contribution in [1.82, 2.24) is 0 Å². The van der Waals surface area contributed by atoms with Crippen LogP contribution in [0.1, 0.15) is 241 Å². The summed E-state index contributed by atoms with van der Waals surface area (Å²) in [4.78, 5) is 27.5. The number of aliphatic hydroxyl groups excluding tert-OH is 5. The van der Waals surface area contributed by atoms with Crippen LogP contribution >= 0.6 is 12.3 Å². The quantitative estimate of drug-likeness (QED) is 0.00953. The first-order valence-electron chi connectivity index (χ1n) is 28.9. The molecule has 0 aromatic rings. The summed E-state index contributed by atoms with van der Waals surface area (Å²) in [5.74, 6) is -0.461. The summed E-state index contributed by atoms with van der Waals surface area (Å²) in [5.41, 5.74) is 0.272. The van der Waals surface area contributed by atoms with Crippen molar-refractivity contribution < 1.29 is 77.6 Å². The molecule has 2 aliphatic rings. The fourth-order valence-electron chi connectivity index (χ4n) is 10.4. The van der Waals surface area contributed by atoms with Gasteiger partial charge in [0.2, 0.25) is 6.29 Å². The van der Waals surface area contributed by atoms with Crippen molar-refractivity contribution in [3.05, 3.63) is 11.6 Å². The summed E-state index contributed by atoms with van der Waals surface area (Å²) in [6.45, 7) is 11.2. The van der Waals surface area contributed by atoms with Gasteiger partial charge in [-0.2, -0.15) is 0 Å². The molecule has 2 heterocycles. The molecule has 2 rings (SSSR count). The second-order valence-electron chi connectivity index (χ2n) is 21.5. The third kappa shape index (κ3) is 29.2. The normalized spacial score (nSPS) is 25.9. The van der Waals surface area contributed by atoms with E-state index >= 15 is 0 Å². The zero-order chi connectivity index (χ0) is 53.6. The number of esters is 2. The monoisotopic (exact) mass is 1060 g/mol. The van der Waals surface area contributed by atoms with Gasteiger partial charge < -0.3 is 54.5 Å². The van der Waals surface area contributed by atoms with E-state index in [1.807, 2.05) is 13.0 Å². The molecule has 2 fully saturated rings. The zero-order valence-electron chi connectivity index (χ0n) is 46.1. The number of aliphatic hydroxyl groups is 5. The van der Waals surface area contributed by atoms with E-state index in [4.69, 9.17) is 27.9 Å². The smallest absolute Gasteiger partial charge is 0.333 e. The Balaban J connectivity index is 2.05. The molecular weight excluding hydrogens is 961 g/mol. The van der Waals surface area contributed by atoms with Crippen molar-refractivity contribution in [3.8, 4) is 0 Å². The number of rotatable bonds is 45. The molecule has 0 saturated carbocycles. The third-order valence-corrected chi connectivity index (χ3v) is 15.0. The average molecular weight is 1060 g/mol. The molecule has 0 radical (unpaired) electrons. The fourth-order valence-corrected chi connectivity index (χ4v) is 10.7. The van der Waals surface area contributed by atoms with Gasteiger partial charge in [0, 0.05) is 12.0 Å². The Kier molecular flexibility index (Phi) is 39.4. The van der Waals surface area contributed by atoms with Gasteiger partial charge in [0.05, 0.1) is 13.2 Å². The van der Waals surface area contributed by atoms with E-state index in [1.54, 1.807) is 6.92 Å². The lowest BCUT2D eigenvalue weighted by atomic mass is 9.86. The van der Waals surface area contributed by atoms with Crippen LogP contribution in [0.2, 0.25) is 0 Å². The lowest BCUT2D eigenvalue weighted by Crippen LogP contribution is -2.65. The molecule has 2 saturated heterocycles. The highest BCUT2D eigenvalue weighted by Gasteiger charge is 2.54. The van der Waals surface area contributed by atoms with Crippen LogP contribution < -0.4 is 5.26 Å². The standard InChI is InChI=1S/C56H104O16S/c1-7-9-11-13-15-17-19-21-23-24-26-28-30-32-34-41(3)36-42(4)37-43(5)38-44(6)54(63)68-51-49(61)46(40-58)66-56(69-55-52(70-73-72-71-64)50(62)48(60)45(39-57)65-55)53(51)67-47(59)35-33-31-29-27-25-22-20-18-16-14-12-10-8-2/h38,41-43,45-46,48-53,55-58,60-62,64H,7-37,39-40H2,1-6H3/p-1/b44-38+/t41-,42-,43-,45?,46?,48?,49?,50?,51?,52?,53?,55?,56?/m0/s1. The van der Waals surface area contributed by atoms with Crippen LogP contribution in [0.5, 0.6) is 0 Å². The Morgan fingerprint density at radius 2 is 1.03 bits per heavy atom. The van der Waals surface area contributed by atoms with Gasteiger partial charge in [0.1, 0.15) is 30.5 Å². The molecule has 16 nitrogen and oxygen atoms in total. The highest BCUT2D eigenvalue weighted by atomic mass is 32.2. The summed E-state index contributed by atoms with van der Waals surface area (Å²) in [7, 11) is 0. The van der Waals surface area contributed by atoms with Crippen LogP contribution in [0.15, 0.2) is 11.6 Å². The number of hydrogen-bond acceptors (Lipinski definition) is 17. The highest BCUT2D eigenvalue weighted by molar-refractivity contribution is 7.89. The lowest BCUT2D eigenvalue weighted by molar-refractivity contribution is -0.777. The number of unbranched alkanes of at least 4 members (excludes halogenated alkanes) is 25. The summed E-state index contributed by atoms with van der Waals surface area (Å²) in [6, 6.07) is 0. The Morgan fingerprint density at radius 1 is 0.575 bits per heavy atom. The van der Waals surface area contributed by atoms with Gasteiger partial charge in [-0.25, -0.2) is 4.79 Å². The predicted molar refractivity (Wildman–Crippen MR) is 281 cm³/mol. The molecule has 73 heavy (non-hydrogen) atoms. The topological polar surface area (TPSA) is 232 Å². The second kappa shape index (κ2) is 42.6. The first-order valence-corrected chi connectivity index (χ1v) is 29.6. The predicted octanol–water partition coefficient (Wildman–Crippen LogP) is 10.5. The minimum Gasteiger partial charge on any atom is -0.691 e. The van der Waals surface area contributed by atoms with Gasteiger partial charge in [-0.05, 0) is 43.9 Å². The molecule has 0 bridgehead atoms. The van der Waals surface area contributed by atoms with Gasteiger partial charge in [-0.3, -0.25) is 14.0 Å². The van der Waals surface area contributed by atoms with Crippen LogP contribution in [0.25, 0.3) is 0 Å². The van der Waals surface area contributed by atoms with E-state index < -0.39 is 86.6 Å². The van der Waals surface area contributed by atoms with Gasteiger partial charge in [-0.1, -0.05) is 214 Å². The number of ether oxygens (including phenoxy) is 5. The van der Waals surface area contributed by atoms with Crippen molar-refractivity contribution in [2.24, 2.45) is 17.8 Å². The SMILES string of the molecule is CCCCCCCCCCCCCCCC[C@H](C)C[C@H](C)C[C@H](C)/C=C(\C)C(=O)OC1C(O)C(CO)OC(OC2OC(CO)C(O)C(O)C2OSOO[O-])C1OC(=O)CCCCCCCCCCCCCCC. The van der Waals surface area contributed by atoms with E-state index in [2.05, 4.69) is 37.1 Å². The molecule has 430 valence electrons. The molecule has 0 aliphatic carbocycles. The van der Waals surface area contributed by atoms with Crippen molar-refractivity contribution in [1.29, 1.82) is 0 Å². The Morgan fingerprint density at radius 3 is 1.51 bits per heavy atom. The minimum atomic E-state index is -1.79. The number of carbonyl (C=O) groups is 2. The van der Waals surface area contributed by atoms with Crippen molar-refractivity contribution in [2.45, 2.75) is 302 Å². The van der Waals surface area contributed by atoms with E-state index in [0.717, 1.165) is 38.5 Å². The van der Waals surface area contributed by atoms with Crippen molar-refractivity contribution in [3.63, 3.8) is 0 Å². The van der Waals surface area contributed by atoms with E-state index in [-0.39, 0.29) is 30.2 Å². The van der Waals surface area contributed by atoms with E-state index in [9.17, 15) is 40.4 Å². The van der Waals surface area contributed by atoms with Gasteiger partial charge >= 0.3 is 11.9 Å². The summed E-state index contributed by atoms with van der Waals surface area (Å²) < 4.78 is 39.1. The largest absolute Gasteiger partial charge is 0.691 e. The number of carbonyl (C=O) groups excluding carboxylic acids is 2. The zero-order valence-corrected chi connectivity index (χ0v) is 46.9. The fraction of sp³-hybridized carbons (Fsp3) is 0.929. The lowest BCUT2D eigenvalue weighted by Gasteiger charge is -2.46. The van der Waals surface area contributed by atoms with E-state index in [0.29, 0.717) is 18.3 Å². The molecule has 13 atom stereocenters. The van der Waals surface area contributed by atoms with Crippen LogP contribution in [0.4, 0.5) is 0 Å². The Hall–Kier alpha value is -1.45. The molecule has 0 aromatic heterocycles.